The lowest BCUT2D eigenvalue weighted by molar-refractivity contribution is -0.383. The molecule has 0 spiro atoms. The lowest BCUT2D eigenvalue weighted by Gasteiger charge is -2.20. The zero-order valence-corrected chi connectivity index (χ0v) is 9.83. The van der Waals surface area contributed by atoms with Gasteiger partial charge in [0.1, 0.15) is 6.33 Å². The van der Waals surface area contributed by atoms with Crippen molar-refractivity contribution >= 4 is 17.3 Å². The Morgan fingerprint density at radius 3 is 2.89 bits per heavy atom. The molecule has 0 saturated carbocycles. The van der Waals surface area contributed by atoms with Gasteiger partial charge in [0.15, 0.2) is 0 Å². The Labute approximate surface area is 103 Å². The summed E-state index contributed by atoms with van der Waals surface area (Å²) in [5.74, 6) is 5.28. The number of nitrogens with one attached hydrogen (secondary N) is 1. The molecular weight excluding hydrogens is 238 g/mol. The van der Waals surface area contributed by atoms with Gasteiger partial charge in [-0.3, -0.25) is 10.1 Å². The molecule has 0 radical (unpaired) electrons. The quantitative estimate of drug-likeness (QED) is 0.421. The van der Waals surface area contributed by atoms with Crippen molar-refractivity contribution < 1.29 is 4.92 Å². The Morgan fingerprint density at radius 1 is 1.67 bits per heavy atom. The number of rotatable bonds is 6. The van der Waals surface area contributed by atoms with Crippen LogP contribution in [0.1, 0.15) is 13.3 Å². The second kappa shape index (κ2) is 6.31. The van der Waals surface area contributed by atoms with Crippen LogP contribution in [0.5, 0.6) is 0 Å². The normalized spacial score (nSPS) is 9.61. The number of hydrazine groups is 1. The molecule has 0 amide bonds. The van der Waals surface area contributed by atoms with E-state index in [1.54, 1.807) is 4.90 Å². The fraction of sp³-hybridized carbons (Fsp3) is 0.444. The maximum Gasteiger partial charge on any atom is 0.354 e. The molecule has 96 valence electrons. The lowest BCUT2D eigenvalue weighted by atomic mass is 10.3. The Kier molecular flexibility index (Phi) is 4.77. The van der Waals surface area contributed by atoms with Crippen molar-refractivity contribution in [2.45, 2.75) is 13.3 Å². The number of aromatic nitrogens is 2. The summed E-state index contributed by atoms with van der Waals surface area (Å²) < 4.78 is 0. The van der Waals surface area contributed by atoms with Crippen molar-refractivity contribution in [2.75, 3.05) is 23.4 Å². The summed E-state index contributed by atoms with van der Waals surface area (Å²) in [6.45, 7) is 2.66. The first-order valence-corrected chi connectivity index (χ1v) is 5.23. The summed E-state index contributed by atoms with van der Waals surface area (Å²) >= 11 is 0. The van der Waals surface area contributed by atoms with E-state index in [9.17, 15) is 10.1 Å². The van der Waals surface area contributed by atoms with Crippen molar-refractivity contribution in [2.24, 2.45) is 5.84 Å². The van der Waals surface area contributed by atoms with Gasteiger partial charge in [-0.2, -0.15) is 5.26 Å². The molecular formula is C9H13N7O2. The van der Waals surface area contributed by atoms with Gasteiger partial charge in [-0.15, -0.1) is 0 Å². The molecule has 1 aromatic rings. The molecule has 0 unspecified atom stereocenters. The average molecular weight is 251 g/mol. The fourth-order valence-electron chi connectivity index (χ4n) is 1.47. The Bertz CT molecular complexity index is 470. The SMILES string of the molecule is CCN(CCC#N)c1ncnc(NN)c1[N+](=O)[O-]. The molecule has 0 fully saturated rings. The third-order valence-corrected chi connectivity index (χ3v) is 2.30. The molecule has 3 N–H and O–H groups in total. The first-order valence-electron chi connectivity index (χ1n) is 5.23. The van der Waals surface area contributed by atoms with Crippen LogP contribution >= 0.6 is 0 Å². The summed E-state index contributed by atoms with van der Waals surface area (Å²) in [5.41, 5.74) is 1.88. The maximum absolute atomic E-state index is 11.0. The number of nitro groups is 1. The third kappa shape index (κ3) is 2.80. The van der Waals surface area contributed by atoms with Crippen molar-refractivity contribution in [3.05, 3.63) is 16.4 Å². The Morgan fingerprint density at radius 2 is 2.39 bits per heavy atom. The van der Waals surface area contributed by atoms with Gasteiger partial charge in [-0.25, -0.2) is 15.8 Å². The van der Waals surface area contributed by atoms with E-state index in [-0.39, 0.29) is 23.7 Å². The molecule has 1 aromatic heterocycles. The molecule has 0 aliphatic carbocycles. The molecule has 9 nitrogen and oxygen atoms in total. The molecule has 0 aliphatic rings. The number of nitrogen functional groups attached to an aromatic ring is 1. The van der Waals surface area contributed by atoms with Crippen molar-refractivity contribution in [1.82, 2.24) is 9.97 Å². The van der Waals surface area contributed by atoms with Gasteiger partial charge in [-0.1, -0.05) is 0 Å². The second-order valence-electron chi connectivity index (χ2n) is 3.28. The lowest BCUT2D eigenvalue weighted by Crippen LogP contribution is -2.26. The summed E-state index contributed by atoms with van der Waals surface area (Å²) in [6, 6.07) is 1.98. The van der Waals surface area contributed by atoms with Crippen molar-refractivity contribution in [1.29, 1.82) is 5.26 Å². The van der Waals surface area contributed by atoms with Crippen LogP contribution in [0.25, 0.3) is 0 Å². The van der Waals surface area contributed by atoms with Crippen molar-refractivity contribution in [3.8, 4) is 6.07 Å². The number of anilines is 2. The minimum atomic E-state index is -0.598. The Balaban J connectivity index is 3.21. The predicted molar refractivity (Wildman–Crippen MR) is 64.6 cm³/mol. The number of nitrogens with two attached hydrogens (primary N) is 1. The van der Waals surface area contributed by atoms with Gasteiger partial charge in [0.25, 0.3) is 0 Å². The zero-order valence-electron chi connectivity index (χ0n) is 9.83. The minimum Gasteiger partial charge on any atom is -0.350 e. The van der Waals surface area contributed by atoms with E-state index in [0.717, 1.165) is 0 Å². The minimum absolute atomic E-state index is 0.0552. The van der Waals surface area contributed by atoms with Gasteiger partial charge >= 0.3 is 5.69 Å². The van der Waals surface area contributed by atoms with E-state index in [4.69, 9.17) is 11.1 Å². The molecule has 9 heteroatoms. The van der Waals surface area contributed by atoms with Crippen LogP contribution in [0.2, 0.25) is 0 Å². The number of hydrogen-bond donors (Lipinski definition) is 2. The average Bonchev–Trinajstić information content (AvgIpc) is 2.38. The van der Waals surface area contributed by atoms with Gasteiger partial charge in [0, 0.05) is 13.1 Å². The summed E-state index contributed by atoms with van der Waals surface area (Å²) in [5, 5.41) is 19.6. The van der Waals surface area contributed by atoms with E-state index in [2.05, 4.69) is 15.4 Å². The van der Waals surface area contributed by atoms with E-state index < -0.39 is 4.92 Å². The van der Waals surface area contributed by atoms with Crippen LogP contribution in [0.4, 0.5) is 17.3 Å². The highest BCUT2D eigenvalue weighted by atomic mass is 16.6. The summed E-state index contributed by atoms with van der Waals surface area (Å²) in [4.78, 5) is 19.7. The summed E-state index contributed by atoms with van der Waals surface area (Å²) in [7, 11) is 0. The molecule has 1 rings (SSSR count). The van der Waals surface area contributed by atoms with Crippen LogP contribution in [-0.2, 0) is 0 Å². The van der Waals surface area contributed by atoms with Gasteiger partial charge in [0.2, 0.25) is 11.6 Å². The molecule has 0 aromatic carbocycles. The smallest absolute Gasteiger partial charge is 0.350 e. The van der Waals surface area contributed by atoms with E-state index in [1.807, 2.05) is 13.0 Å². The monoisotopic (exact) mass is 251 g/mol. The molecule has 0 atom stereocenters. The second-order valence-corrected chi connectivity index (χ2v) is 3.28. The largest absolute Gasteiger partial charge is 0.354 e. The van der Waals surface area contributed by atoms with Gasteiger partial charge in [0.05, 0.1) is 17.4 Å². The van der Waals surface area contributed by atoms with Crippen molar-refractivity contribution in [3.63, 3.8) is 0 Å². The van der Waals surface area contributed by atoms with Crippen LogP contribution in [0.3, 0.4) is 0 Å². The van der Waals surface area contributed by atoms with E-state index in [0.29, 0.717) is 13.1 Å². The Hall–Kier alpha value is -2.47. The van der Waals surface area contributed by atoms with Crippen LogP contribution < -0.4 is 16.2 Å². The first kappa shape index (κ1) is 13.6. The first-order chi connectivity index (χ1) is 8.65. The third-order valence-electron chi connectivity index (χ3n) is 2.30. The standard InChI is InChI=1S/C9H13N7O2/c1-2-15(5-3-4-10)9-7(16(17)18)8(14-11)12-6-13-9/h6H,2-3,5,11H2,1H3,(H,12,13,14). The van der Waals surface area contributed by atoms with Gasteiger partial charge < -0.3 is 10.3 Å². The summed E-state index contributed by atoms with van der Waals surface area (Å²) in [6.07, 6.45) is 1.44. The molecule has 18 heavy (non-hydrogen) atoms. The van der Waals surface area contributed by atoms with E-state index in [1.165, 1.54) is 6.33 Å². The highest BCUT2D eigenvalue weighted by Gasteiger charge is 2.25. The highest BCUT2D eigenvalue weighted by Crippen LogP contribution is 2.30. The number of nitrogens with zero attached hydrogens (tertiary/aromatic N) is 5. The molecule has 0 aliphatic heterocycles. The van der Waals surface area contributed by atoms with Crippen LogP contribution in [-0.4, -0.2) is 28.0 Å². The number of hydrogen-bond acceptors (Lipinski definition) is 8. The van der Waals surface area contributed by atoms with Crippen LogP contribution in [0.15, 0.2) is 6.33 Å². The topological polar surface area (TPSA) is 134 Å². The molecule has 1 heterocycles. The van der Waals surface area contributed by atoms with E-state index >= 15 is 0 Å². The van der Waals surface area contributed by atoms with Crippen LogP contribution in [0, 0.1) is 21.4 Å². The predicted octanol–water partition coefficient (Wildman–Crippen LogP) is 0.410. The molecule has 0 saturated heterocycles. The maximum atomic E-state index is 11.0. The highest BCUT2D eigenvalue weighted by molar-refractivity contribution is 5.69. The number of nitriles is 1. The fourth-order valence-corrected chi connectivity index (χ4v) is 1.47. The molecule has 0 bridgehead atoms. The van der Waals surface area contributed by atoms with Gasteiger partial charge in [-0.05, 0) is 6.92 Å². The zero-order chi connectivity index (χ0) is 13.5.